The van der Waals surface area contributed by atoms with Gasteiger partial charge in [0.1, 0.15) is 20.2 Å². The first-order valence-corrected chi connectivity index (χ1v) is 8.58. The Labute approximate surface area is 148 Å². The molecule has 10 heteroatoms. The molecule has 1 aromatic rings. The standard InChI is InChI=1S/C12H9NO6S2.Na/c14-20(15,16)7-5-10-8-3-4-13-11(8)2-1-9(10)12(6-7)21(17,18)19;/h1-5H,6H2,(H,14,15,16)(H,17,18,19);/q;+1/p-1. The summed E-state index contributed by atoms with van der Waals surface area (Å²) in [5.41, 5.74) is 0.776. The maximum atomic E-state index is 11.4. The second kappa shape index (κ2) is 5.68. The van der Waals surface area contributed by atoms with Crippen LogP contribution in [0.4, 0.5) is 0 Å². The van der Waals surface area contributed by atoms with E-state index in [1.807, 2.05) is 0 Å². The summed E-state index contributed by atoms with van der Waals surface area (Å²) in [6, 6.07) is 3.01. The van der Waals surface area contributed by atoms with E-state index in [1.165, 1.54) is 6.07 Å². The van der Waals surface area contributed by atoms with E-state index in [0.29, 0.717) is 10.9 Å². The summed E-state index contributed by atoms with van der Waals surface area (Å²) >= 11 is 0. The molecule has 0 bridgehead atoms. The Balaban J connectivity index is 0.00000176. The molecule has 0 radical (unpaired) electrons. The first-order chi connectivity index (χ1) is 9.68. The van der Waals surface area contributed by atoms with Crippen LogP contribution in [0.25, 0.3) is 17.1 Å². The number of benzene rings is 1. The van der Waals surface area contributed by atoms with Gasteiger partial charge < -0.3 is 9.11 Å². The topological polar surface area (TPSA) is 128 Å². The van der Waals surface area contributed by atoms with E-state index in [9.17, 15) is 25.9 Å². The Hall–Kier alpha value is -0.810. The molecule has 1 aliphatic carbocycles. The van der Waals surface area contributed by atoms with E-state index in [-0.39, 0.29) is 40.3 Å². The number of allylic oxidation sites excluding steroid dienone is 1. The van der Waals surface area contributed by atoms with Gasteiger partial charge in [0.05, 0.1) is 5.56 Å². The Bertz CT molecular complexity index is 1050. The van der Waals surface area contributed by atoms with Crippen molar-refractivity contribution in [2.75, 3.05) is 0 Å². The molecule has 0 amide bonds. The minimum atomic E-state index is -4.87. The molecule has 0 aromatic heterocycles. The van der Waals surface area contributed by atoms with Gasteiger partial charge in [-0.1, -0.05) is 0 Å². The van der Waals surface area contributed by atoms with E-state index in [4.69, 9.17) is 0 Å². The number of rotatable bonds is 2. The predicted molar refractivity (Wildman–Crippen MR) is 70.2 cm³/mol. The fourth-order valence-corrected chi connectivity index (χ4v) is 3.86. The quantitative estimate of drug-likeness (QED) is 0.419. The molecule has 7 nitrogen and oxygen atoms in total. The first kappa shape index (κ1) is 17.5. The van der Waals surface area contributed by atoms with Crippen molar-refractivity contribution < 1.29 is 60.5 Å². The SMILES string of the molecule is O=S(=O)([O-])C1=Cc2c3c(ccc2=C(S(=O)(=O)[O-])C1)=[NH+]C=C3.[Na+]. The molecule has 1 aliphatic heterocycles. The van der Waals surface area contributed by atoms with Gasteiger partial charge in [-0.05, 0) is 22.9 Å². The Morgan fingerprint density at radius 1 is 1.00 bits per heavy atom. The molecule has 0 unspecified atom stereocenters. The van der Waals surface area contributed by atoms with Gasteiger partial charge >= 0.3 is 29.6 Å². The average molecular weight is 349 g/mol. The molecular weight excluding hydrogens is 341 g/mol. The predicted octanol–water partition coefficient (Wildman–Crippen LogP) is -5.68. The summed E-state index contributed by atoms with van der Waals surface area (Å²) in [4.78, 5) is 1.66. The van der Waals surface area contributed by atoms with Gasteiger partial charge in [-0.3, -0.25) is 0 Å². The van der Waals surface area contributed by atoms with Crippen molar-refractivity contribution in [3.63, 3.8) is 0 Å². The molecular formula is C12H8NNaO6S2. The van der Waals surface area contributed by atoms with Gasteiger partial charge in [-0.15, -0.1) is 0 Å². The molecule has 1 aromatic carbocycles. The van der Waals surface area contributed by atoms with Crippen LogP contribution in [0.5, 0.6) is 0 Å². The largest absolute Gasteiger partial charge is 1.00 e. The molecule has 1 heterocycles. The van der Waals surface area contributed by atoms with E-state index >= 15 is 0 Å². The molecule has 1 N–H and O–H groups in total. The third kappa shape index (κ3) is 2.98. The summed E-state index contributed by atoms with van der Waals surface area (Å²) in [6.07, 6.45) is 3.62. The van der Waals surface area contributed by atoms with Crippen LogP contribution in [0.15, 0.2) is 23.2 Å². The van der Waals surface area contributed by atoms with Crippen LogP contribution in [0.1, 0.15) is 17.5 Å². The van der Waals surface area contributed by atoms with E-state index in [0.717, 1.165) is 6.08 Å². The summed E-state index contributed by atoms with van der Waals surface area (Å²) in [6.45, 7) is 0. The third-order valence-corrected chi connectivity index (χ3v) is 5.21. The van der Waals surface area contributed by atoms with Crippen LogP contribution in [-0.2, 0) is 20.2 Å². The van der Waals surface area contributed by atoms with Crippen molar-refractivity contribution in [1.29, 1.82) is 0 Å². The molecule has 0 saturated carbocycles. The van der Waals surface area contributed by atoms with Crippen LogP contribution < -0.4 is 45.1 Å². The minimum absolute atomic E-state index is 0. The van der Waals surface area contributed by atoms with Crippen LogP contribution >= 0.6 is 0 Å². The maximum Gasteiger partial charge on any atom is 1.00 e. The molecule has 0 fully saturated rings. The van der Waals surface area contributed by atoms with Crippen molar-refractivity contribution in [3.05, 3.63) is 44.9 Å². The molecule has 0 saturated heterocycles. The number of fused-ring (bicyclic) bond motifs is 3. The zero-order valence-corrected chi connectivity index (χ0v) is 15.0. The minimum Gasteiger partial charge on any atom is -0.744 e. The van der Waals surface area contributed by atoms with Crippen LogP contribution in [0, 0.1) is 0 Å². The van der Waals surface area contributed by atoms with Gasteiger partial charge in [0.15, 0.2) is 6.20 Å². The second-order valence-corrected chi connectivity index (χ2v) is 7.42. The van der Waals surface area contributed by atoms with Gasteiger partial charge in [-0.2, -0.15) is 0 Å². The Morgan fingerprint density at radius 3 is 2.27 bits per heavy atom. The fraction of sp³-hybridized carbons (Fsp3) is 0.0833. The molecule has 22 heavy (non-hydrogen) atoms. The Kier molecular flexibility index (Phi) is 4.53. The maximum absolute atomic E-state index is 11.4. The van der Waals surface area contributed by atoms with Gasteiger partial charge in [-0.25, -0.2) is 21.8 Å². The number of nitrogens with one attached hydrogen (secondary N) is 1. The summed E-state index contributed by atoms with van der Waals surface area (Å²) < 4.78 is 67.7. The monoisotopic (exact) mass is 349 g/mol. The zero-order chi connectivity index (χ0) is 15.4. The normalized spacial score (nSPS) is 16.3. The van der Waals surface area contributed by atoms with Gasteiger partial charge in [0.2, 0.25) is 5.36 Å². The van der Waals surface area contributed by atoms with Crippen LogP contribution in [0.2, 0.25) is 0 Å². The molecule has 0 atom stereocenters. The second-order valence-electron chi connectivity index (χ2n) is 4.58. The number of hydrogen-bond acceptors (Lipinski definition) is 6. The van der Waals surface area contributed by atoms with Crippen molar-refractivity contribution in [1.82, 2.24) is 0 Å². The first-order valence-electron chi connectivity index (χ1n) is 5.76. The molecule has 2 aliphatic rings. The third-order valence-electron chi connectivity index (χ3n) is 3.34. The van der Waals surface area contributed by atoms with Gasteiger partial charge in [0, 0.05) is 28.4 Å². The van der Waals surface area contributed by atoms with Crippen molar-refractivity contribution >= 4 is 37.3 Å². The van der Waals surface area contributed by atoms with E-state index < -0.39 is 36.5 Å². The van der Waals surface area contributed by atoms with Crippen molar-refractivity contribution in [3.8, 4) is 0 Å². The summed E-state index contributed by atoms with van der Waals surface area (Å²) in [5, 5.41) is 0.765. The number of hydrogen-bond donors (Lipinski definition) is 1. The molecule has 110 valence electrons. The smallest absolute Gasteiger partial charge is 0.744 e. The average Bonchev–Trinajstić information content (AvgIpc) is 2.83. The van der Waals surface area contributed by atoms with Crippen LogP contribution in [0.3, 0.4) is 0 Å². The molecule has 0 spiro atoms. The van der Waals surface area contributed by atoms with E-state index in [1.54, 1.807) is 18.3 Å². The zero-order valence-electron chi connectivity index (χ0n) is 11.4. The summed E-state index contributed by atoms with van der Waals surface area (Å²) in [7, 11) is -9.71. The Morgan fingerprint density at radius 2 is 1.68 bits per heavy atom. The van der Waals surface area contributed by atoms with E-state index in [2.05, 4.69) is 4.99 Å². The van der Waals surface area contributed by atoms with Crippen molar-refractivity contribution in [2.24, 2.45) is 0 Å². The fourth-order valence-electron chi connectivity index (χ4n) is 2.40. The van der Waals surface area contributed by atoms with Crippen molar-refractivity contribution in [2.45, 2.75) is 6.42 Å². The summed E-state index contributed by atoms with van der Waals surface area (Å²) in [5.74, 6) is 0. The van der Waals surface area contributed by atoms with Crippen LogP contribution in [-0.4, -0.2) is 25.9 Å². The van der Waals surface area contributed by atoms with Gasteiger partial charge in [0.25, 0.3) is 0 Å². The molecule has 3 rings (SSSR count).